The van der Waals surface area contributed by atoms with Crippen LogP contribution in [0.2, 0.25) is 0 Å². The Bertz CT molecular complexity index is 425. The maximum absolute atomic E-state index is 11.2. The lowest BCUT2D eigenvalue weighted by Gasteiger charge is -2.13. The standard InChI is InChI=1S/C9H6N2O3/c12-7-8(13)11(9(14)10-7)6-4-2-1-3-5-6/h1-5H,(H,10,12,14)/p-1. The SMILES string of the molecule is O=C1N=C([O-])C(=O)N1c1ccccc1. The summed E-state index contributed by atoms with van der Waals surface area (Å²) in [6.45, 7) is 0. The van der Waals surface area contributed by atoms with Gasteiger partial charge in [-0.15, -0.1) is 0 Å². The van der Waals surface area contributed by atoms with Crippen LogP contribution in [0.3, 0.4) is 0 Å². The van der Waals surface area contributed by atoms with Crippen molar-refractivity contribution in [1.82, 2.24) is 0 Å². The monoisotopic (exact) mass is 189 g/mol. The topological polar surface area (TPSA) is 72.8 Å². The van der Waals surface area contributed by atoms with E-state index in [1.165, 1.54) is 0 Å². The molecule has 0 aliphatic carbocycles. The van der Waals surface area contributed by atoms with Crippen LogP contribution in [-0.2, 0) is 4.79 Å². The average Bonchev–Trinajstić information content (AvgIpc) is 2.43. The zero-order valence-electron chi connectivity index (χ0n) is 7.01. The summed E-state index contributed by atoms with van der Waals surface area (Å²) in [5.74, 6) is -1.92. The summed E-state index contributed by atoms with van der Waals surface area (Å²) >= 11 is 0. The number of imide groups is 1. The number of nitrogens with zero attached hydrogens (tertiary/aromatic N) is 2. The van der Waals surface area contributed by atoms with Crippen molar-refractivity contribution in [2.24, 2.45) is 4.99 Å². The minimum atomic E-state index is -1.01. The number of carbonyl (C=O) groups is 2. The number of para-hydroxylation sites is 1. The maximum Gasteiger partial charge on any atom is 0.354 e. The van der Waals surface area contributed by atoms with Crippen LogP contribution in [0.15, 0.2) is 35.3 Å². The molecule has 0 saturated heterocycles. The first-order valence-corrected chi connectivity index (χ1v) is 3.89. The normalized spacial score (nSPS) is 16.0. The van der Waals surface area contributed by atoms with E-state index in [9.17, 15) is 14.7 Å². The predicted octanol–water partition coefficient (Wildman–Crippen LogP) is -0.0880. The van der Waals surface area contributed by atoms with E-state index in [-0.39, 0.29) is 0 Å². The molecule has 0 saturated carbocycles. The zero-order chi connectivity index (χ0) is 10.1. The molecule has 1 aromatic rings. The molecule has 2 rings (SSSR count). The van der Waals surface area contributed by atoms with Gasteiger partial charge in [0.2, 0.25) is 0 Å². The van der Waals surface area contributed by atoms with Gasteiger partial charge >= 0.3 is 6.03 Å². The molecule has 14 heavy (non-hydrogen) atoms. The number of rotatable bonds is 1. The highest BCUT2D eigenvalue weighted by atomic mass is 16.3. The molecule has 70 valence electrons. The van der Waals surface area contributed by atoms with Gasteiger partial charge in [-0.05, 0) is 12.1 Å². The third-order valence-electron chi connectivity index (χ3n) is 1.79. The van der Waals surface area contributed by atoms with E-state index in [0.29, 0.717) is 5.69 Å². The van der Waals surface area contributed by atoms with Crippen LogP contribution < -0.4 is 10.0 Å². The number of carbonyl (C=O) groups excluding carboxylic acids is 2. The lowest BCUT2D eigenvalue weighted by molar-refractivity contribution is -0.216. The quantitative estimate of drug-likeness (QED) is 0.619. The van der Waals surface area contributed by atoms with E-state index < -0.39 is 17.8 Å². The smallest absolute Gasteiger partial charge is 0.354 e. The Hall–Kier alpha value is -2.17. The van der Waals surface area contributed by atoms with E-state index in [2.05, 4.69) is 4.99 Å². The highest BCUT2D eigenvalue weighted by molar-refractivity contribution is 6.49. The fraction of sp³-hybridized carbons (Fsp3) is 0. The van der Waals surface area contributed by atoms with Crippen molar-refractivity contribution >= 4 is 23.5 Å². The van der Waals surface area contributed by atoms with E-state index >= 15 is 0 Å². The Morgan fingerprint density at radius 2 is 1.79 bits per heavy atom. The van der Waals surface area contributed by atoms with E-state index in [4.69, 9.17) is 0 Å². The summed E-state index contributed by atoms with van der Waals surface area (Å²) in [6, 6.07) is 7.37. The fourth-order valence-electron chi connectivity index (χ4n) is 1.17. The van der Waals surface area contributed by atoms with Crippen LogP contribution >= 0.6 is 0 Å². The first kappa shape index (κ1) is 8.43. The van der Waals surface area contributed by atoms with Gasteiger partial charge in [0.15, 0.2) is 0 Å². The molecule has 0 fully saturated rings. The molecule has 0 unspecified atom stereocenters. The summed E-state index contributed by atoms with van der Waals surface area (Å²) in [5.41, 5.74) is 0.358. The van der Waals surface area contributed by atoms with Crippen molar-refractivity contribution < 1.29 is 14.7 Å². The summed E-state index contributed by atoms with van der Waals surface area (Å²) in [7, 11) is 0. The lowest BCUT2D eigenvalue weighted by Crippen LogP contribution is -2.37. The molecule has 0 aromatic heterocycles. The second-order valence-corrected chi connectivity index (χ2v) is 2.68. The molecule has 0 spiro atoms. The number of benzene rings is 1. The lowest BCUT2D eigenvalue weighted by atomic mass is 10.3. The minimum absolute atomic E-state index is 0.358. The van der Waals surface area contributed by atoms with Crippen molar-refractivity contribution in [2.45, 2.75) is 0 Å². The number of hydrogen-bond acceptors (Lipinski definition) is 3. The van der Waals surface area contributed by atoms with E-state index in [0.717, 1.165) is 4.90 Å². The largest absolute Gasteiger partial charge is 0.855 e. The van der Waals surface area contributed by atoms with Crippen molar-refractivity contribution in [3.8, 4) is 0 Å². The van der Waals surface area contributed by atoms with Gasteiger partial charge in [-0.3, -0.25) is 4.79 Å². The second-order valence-electron chi connectivity index (χ2n) is 2.68. The fourth-order valence-corrected chi connectivity index (χ4v) is 1.17. The molecule has 1 heterocycles. The molecule has 1 aliphatic heterocycles. The van der Waals surface area contributed by atoms with Crippen molar-refractivity contribution in [3.05, 3.63) is 30.3 Å². The first-order valence-electron chi connectivity index (χ1n) is 3.89. The van der Waals surface area contributed by atoms with Gasteiger partial charge in [0, 0.05) is 0 Å². The van der Waals surface area contributed by atoms with Gasteiger partial charge in [-0.2, -0.15) is 0 Å². The highest BCUT2D eigenvalue weighted by Gasteiger charge is 2.28. The number of urea groups is 1. The van der Waals surface area contributed by atoms with Crippen LogP contribution in [0.4, 0.5) is 10.5 Å². The molecule has 0 atom stereocenters. The zero-order valence-corrected chi connectivity index (χ0v) is 7.01. The van der Waals surface area contributed by atoms with Crippen molar-refractivity contribution in [3.63, 3.8) is 0 Å². The summed E-state index contributed by atoms with van der Waals surface area (Å²) in [5, 5.41) is 10.8. The van der Waals surface area contributed by atoms with Gasteiger partial charge < -0.3 is 5.11 Å². The molecule has 5 nitrogen and oxygen atoms in total. The molecular formula is C9H5N2O3-. The molecule has 0 N–H and O–H groups in total. The number of aliphatic imine (C=N–C) groups is 1. The third kappa shape index (κ3) is 1.15. The van der Waals surface area contributed by atoms with Gasteiger partial charge in [-0.1, -0.05) is 18.2 Å². The first-order chi connectivity index (χ1) is 6.70. The van der Waals surface area contributed by atoms with Gasteiger partial charge in [0.25, 0.3) is 5.91 Å². The summed E-state index contributed by atoms with van der Waals surface area (Å²) in [6.07, 6.45) is 0. The minimum Gasteiger partial charge on any atom is -0.855 e. The Labute approximate surface area is 79.3 Å². The number of amides is 3. The van der Waals surface area contributed by atoms with Gasteiger partial charge in [0.1, 0.15) is 0 Å². The summed E-state index contributed by atoms with van der Waals surface area (Å²) in [4.78, 5) is 26.1. The van der Waals surface area contributed by atoms with Gasteiger partial charge in [-0.25, -0.2) is 14.7 Å². The van der Waals surface area contributed by atoms with Crippen molar-refractivity contribution in [2.75, 3.05) is 4.90 Å². The van der Waals surface area contributed by atoms with Crippen LogP contribution in [-0.4, -0.2) is 17.8 Å². The Kier molecular flexibility index (Phi) is 1.78. The van der Waals surface area contributed by atoms with Crippen LogP contribution in [0.5, 0.6) is 0 Å². The Balaban J connectivity index is 2.39. The van der Waals surface area contributed by atoms with E-state index in [1.807, 2.05) is 0 Å². The molecule has 3 amide bonds. The molecule has 1 aliphatic rings. The number of anilines is 1. The molecule has 0 bridgehead atoms. The van der Waals surface area contributed by atoms with Gasteiger partial charge in [0.05, 0.1) is 11.6 Å². The number of hydrogen-bond donors (Lipinski definition) is 0. The third-order valence-corrected chi connectivity index (χ3v) is 1.79. The van der Waals surface area contributed by atoms with Crippen LogP contribution in [0.25, 0.3) is 0 Å². The van der Waals surface area contributed by atoms with Crippen LogP contribution in [0.1, 0.15) is 0 Å². The highest BCUT2D eigenvalue weighted by Crippen LogP contribution is 2.17. The summed E-state index contributed by atoms with van der Waals surface area (Å²) < 4.78 is 0. The molecular weight excluding hydrogens is 184 g/mol. The predicted molar refractivity (Wildman–Crippen MR) is 46.8 cm³/mol. The van der Waals surface area contributed by atoms with Crippen LogP contribution in [0, 0.1) is 0 Å². The molecule has 1 aromatic carbocycles. The Morgan fingerprint density at radius 1 is 1.14 bits per heavy atom. The van der Waals surface area contributed by atoms with E-state index in [1.54, 1.807) is 30.3 Å². The molecule has 0 radical (unpaired) electrons. The Morgan fingerprint density at radius 3 is 2.29 bits per heavy atom. The molecule has 5 heteroatoms. The maximum atomic E-state index is 11.2. The second kappa shape index (κ2) is 2.95. The van der Waals surface area contributed by atoms with Crippen molar-refractivity contribution in [1.29, 1.82) is 0 Å². The average molecular weight is 189 g/mol.